The molecule has 0 aliphatic rings. The van der Waals surface area contributed by atoms with Crippen LogP contribution in [0.4, 0.5) is 0 Å². The Morgan fingerprint density at radius 2 is 1.63 bits per heavy atom. The zero-order valence-corrected chi connectivity index (χ0v) is 15.8. The van der Waals surface area contributed by atoms with E-state index in [1.165, 1.54) is 6.92 Å². The Kier molecular flexibility index (Phi) is 10.1. The van der Waals surface area contributed by atoms with Gasteiger partial charge in [0.15, 0.2) is 0 Å². The molecule has 0 aliphatic carbocycles. The number of benzene rings is 1. The van der Waals surface area contributed by atoms with Gasteiger partial charge in [-0.3, -0.25) is 14.4 Å². The van der Waals surface area contributed by atoms with E-state index in [4.69, 9.17) is 19.7 Å². The number of aliphatic hydroxyl groups excluding tert-OH is 1. The normalized spacial score (nSPS) is 14.0. The molecule has 0 aliphatic heterocycles. The van der Waals surface area contributed by atoms with Crippen LogP contribution in [0.15, 0.2) is 30.3 Å². The van der Waals surface area contributed by atoms with Gasteiger partial charge in [0.05, 0.1) is 24.4 Å². The predicted octanol–water partition coefficient (Wildman–Crippen LogP) is 2.41. The molecule has 0 radical (unpaired) electrons. The summed E-state index contributed by atoms with van der Waals surface area (Å²) in [6.07, 6.45) is 0.660. The van der Waals surface area contributed by atoms with E-state index in [1.54, 1.807) is 6.92 Å². The lowest BCUT2D eigenvalue weighted by Gasteiger charge is -2.22. The number of ether oxygens (including phenoxy) is 2. The minimum absolute atomic E-state index is 0.0761. The lowest BCUT2D eigenvalue weighted by Crippen LogP contribution is -2.28. The van der Waals surface area contributed by atoms with Crippen LogP contribution in [0.3, 0.4) is 0 Å². The lowest BCUT2D eigenvalue weighted by molar-refractivity contribution is -0.155. The van der Waals surface area contributed by atoms with Gasteiger partial charge < -0.3 is 19.7 Å². The highest BCUT2D eigenvalue weighted by Crippen LogP contribution is 2.25. The fraction of sp³-hybridized carbons (Fsp3) is 0.550. The third kappa shape index (κ3) is 8.21. The first-order valence-corrected chi connectivity index (χ1v) is 9.09. The van der Waals surface area contributed by atoms with Crippen LogP contribution < -0.4 is 0 Å². The SMILES string of the molecule is CCC(CC(CC(C)C(=O)O)C(=O)OCc1ccccc1)C(=O)OCCO. The Hall–Kier alpha value is -2.41. The van der Waals surface area contributed by atoms with Gasteiger partial charge in [0.2, 0.25) is 0 Å². The average Bonchev–Trinajstić information content (AvgIpc) is 2.67. The van der Waals surface area contributed by atoms with E-state index in [9.17, 15) is 14.4 Å². The Balaban J connectivity index is 2.79. The summed E-state index contributed by atoms with van der Waals surface area (Å²) in [5.41, 5.74) is 0.824. The number of carbonyl (C=O) groups excluding carboxylic acids is 2. The summed E-state index contributed by atoms with van der Waals surface area (Å²) in [7, 11) is 0. The highest BCUT2D eigenvalue weighted by Gasteiger charge is 2.31. The highest BCUT2D eigenvalue weighted by molar-refractivity contribution is 5.77. The minimum Gasteiger partial charge on any atom is -0.481 e. The zero-order valence-electron chi connectivity index (χ0n) is 15.8. The largest absolute Gasteiger partial charge is 0.481 e. The van der Waals surface area contributed by atoms with Crippen LogP contribution in [0.1, 0.15) is 38.7 Å². The number of hydrogen-bond donors (Lipinski definition) is 2. The molecular formula is C20H28O7. The summed E-state index contributed by atoms with van der Waals surface area (Å²) in [5, 5.41) is 17.9. The van der Waals surface area contributed by atoms with Crippen LogP contribution in [0.25, 0.3) is 0 Å². The van der Waals surface area contributed by atoms with Crippen LogP contribution in [-0.2, 0) is 30.5 Å². The van der Waals surface area contributed by atoms with Gasteiger partial charge in [-0.05, 0) is 24.8 Å². The number of esters is 2. The summed E-state index contributed by atoms with van der Waals surface area (Å²) >= 11 is 0. The molecule has 1 aromatic rings. The maximum Gasteiger partial charge on any atom is 0.309 e. The van der Waals surface area contributed by atoms with E-state index in [2.05, 4.69) is 0 Å². The molecule has 7 nitrogen and oxygen atoms in total. The molecule has 1 aromatic carbocycles. The van der Waals surface area contributed by atoms with Crippen LogP contribution in [0.2, 0.25) is 0 Å². The molecule has 3 unspecified atom stereocenters. The molecule has 0 amide bonds. The van der Waals surface area contributed by atoms with Gasteiger partial charge in [-0.2, -0.15) is 0 Å². The Morgan fingerprint density at radius 3 is 2.19 bits per heavy atom. The molecule has 2 N–H and O–H groups in total. The van der Waals surface area contributed by atoms with Crippen LogP contribution in [0, 0.1) is 17.8 Å². The minimum atomic E-state index is -1.01. The Labute approximate surface area is 159 Å². The second-order valence-electron chi connectivity index (χ2n) is 6.50. The van der Waals surface area contributed by atoms with E-state index in [-0.39, 0.29) is 32.7 Å². The first-order chi connectivity index (χ1) is 12.9. The van der Waals surface area contributed by atoms with Crippen molar-refractivity contribution >= 4 is 17.9 Å². The first-order valence-electron chi connectivity index (χ1n) is 9.09. The molecule has 27 heavy (non-hydrogen) atoms. The molecule has 0 bridgehead atoms. The fourth-order valence-electron chi connectivity index (χ4n) is 2.70. The van der Waals surface area contributed by atoms with Gasteiger partial charge in [-0.25, -0.2) is 0 Å². The van der Waals surface area contributed by atoms with Gasteiger partial charge in [0.25, 0.3) is 0 Å². The van der Waals surface area contributed by atoms with Crippen LogP contribution in [0.5, 0.6) is 0 Å². The Bertz CT molecular complexity index is 600. The third-order valence-electron chi connectivity index (χ3n) is 4.35. The number of hydrogen-bond acceptors (Lipinski definition) is 6. The molecule has 0 spiro atoms. The molecule has 0 aromatic heterocycles. The number of carbonyl (C=O) groups is 3. The smallest absolute Gasteiger partial charge is 0.309 e. The van der Waals surface area contributed by atoms with Crippen molar-refractivity contribution in [3.8, 4) is 0 Å². The Morgan fingerprint density at radius 1 is 1.00 bits per heavy atom. The number of aliphatic hydroxyl groups is 1. The van der Waals surface area contributed by atoms with E-state index in [1.807, 2.05) is 30.3 Å². The first kappa shape index (κ1) is 22.6. The van der Waals surface area contributed by atoms with Crippen molar-refractivity contribution < 1.29 is 34.1 Å². The molecule has 7 heteroatoms. The summed E-state index contributed by atoms with van der Waals surface area (Å²) < 4.78 is 10.3. The van der Waals surface area contributed by atoms with Crippen LogP contribution >= 0.6 is 0 Å². The molecule has 3 atom stereocenters. The quantitative estimate of drug-likeness (QED) is 0.536. The van der Waals surface area contributed by atoms with Crippen molar-refractivity contribution in [2.75, 3.05) is 13.2 Å². The standard InChI is InChI=1S/C20H28O7/c1-3-16(19(24)26-10-9-21)12-17(11-14(2)18(22)23)20(25)27-13-15-7-5-4-6-8-15/h4-8,14,16-17,21H,3,9-13H2,1-2H3,(H,22,23). The highest BCUT2D eigenvalue weighted by atomic mass is 16.5. The maximum absolute atomic E-state index is 12.6. The summed E-state index contributed by atoms with van der Waals surface area (Å²) in [4.78, 5) is 35.8. The number of rotatable bonds is 12. The average molecular weight is 380 g/mol. The second kappa shape index (κ2) is 12.1. The van der Waals surface area contributed by atoms with Crippen molar-refractivity contribution in [2.24, 2.45) is 17.8 Å². The lowest BCUT2D eigenvalue weighted by atomic mass is 9.86. The number of aliphatic carboxylic acids is 1. The maximum atomic E-state index is 12.6. The zero-order chi connectivity index (χ0) is 20.2. The summed E-state index contributed by atoms with van der Waals surface area (Å²) in [6, 6.07) is 9.16. The fourth-order valence-corrected chi connectivity index (χ4v) is 2.70. The van der Waals surface area contributed by atoms with E-state index < -0.39 is 35.7 Å². The molecule has 0 fully saturated rings. The molecule has 0 heterocycles. The second-order valence-corrected chi connectivity index (χ2v) is 6.50. The summed E-state index contributed by atoms with van der Waals surface area (Å²) in [6.45, 7) is 3.01. The van der Waals surface area contributed by atoms with Gasteiger partial charge in [0.1, 0.15) is 13.2 Å². The molecular weight excluding hydrogens is 352 g/mol. The monoisotopic (exact) mass is 380 g/mol. The summed E-state index contributed by atoms with van der Waals surface area (Å²) in [5.74, 6) is -4.08. The van der Waals surface area contributed by atoms with Gasteiger partial charge in [-0.1, -0.05) is 44.2 Å². The predicted molar refractivity (Wildman–Crippen MR) is 97.6 cm³/mol. The van der Waals surface area contributed by atoms with Gasteiger partial charge in [-0.15, -0.1) is 0 Å². The molecule has 150 valence electrons. The molecule has 0 saturated carbocycles. The van der Waals surface area contributed by atoms with Crippen molar-refractivity contribution in [3.05, 3.63) is 35.9 Å². The van der Waals surface area contributed by atoms with Gasteiger partial charge >= 0.3 is 17.9 Å². The topological polar surface area (TPSA) is 110 Å². The number of carboxylic acids is 1. The van der Waals surface area contributed by atoms with Crippen molar-refractivity contribution in [1.29, 1.82) is 0 Å². The van der Waals surface area contributed by atoms with E-state index >= 15 is 0 Å². The molecule has 1 rings (SSSR count). The van der Waals surface area contributed by atoms with Crippen molar-refractivity contribution in [1.82, 2.24) is 0 Å². The van der Waals surface area contributed by atoms with E-state index in [0.717, 1.165) is 5.56 Å². The van der Waals surface area contributed by atoms with Crippen molar-refractivity contribution in [3.63, 3.8) is 0 Å². The number of carboxylic acid groups (broad SMARTS) is 1. The third-order valence-corrected chi connectivity index (χ3v) is 4.35. The molecule has 0 saturated heterocycles. The van der Waals surface area contributed by atoms with Crippen LogP contribution in [-0.4, -0.2) is 41.3 Å². The van der Waals surface area contributed by atoms with Gasteiger partial charge in [0, 0.05) is 0 Å². The van der Waals surface area contributed by atoms with E-state index in [0.29, 0.717) is 6.42 Å². The van der Waals surface area contributed by atoms with Crippen molar-refractivity contribution in [2.45, 2.75) is 39.7 Å².